The van der Waals surface area contributed by atoms with Gasteiger partial charge in [0.1, 0.15) is 0 Å². The molecule has 0 aliphatic heterocycles. The van der Waals surface area contributed by atoms with Crippen LogP contribution in [0.1, 0.15) is 22.9 Å². The van der Waals surface area contributed by atoms with Crippen molar-refractivity contribution in [1.82, 2.24) is 20.6 Å². The van der Waals surface area contributed by atoms with Gasteiger partial charge >= 0.3 is 0 Å². The molecule has 2 unspecified atom stereocenters. The first kappa shape index (κ1) is 22.2. The van der Waals surface area contributed by atoms with Crippen LogP contribution in [-0.4, -0.2) is 34.4 Å². The first-order valence-corrected chi connectivity index (χ1v) is 10.9. The van der Waals surface area contributed by atoms with Crippen molar-refractivity contribution < 1.29 is 9.59 Å². The average molecular weight is 442 g/mol. The zero-order valence-corrected chi connectivity index (χ0v) is 18.2. The van der Waals surface area contributed by atoms with E-state index in [0.29, 0.717) is 12.8 Å². The summed E-state index contributed by atoms with van der Waals surface area (Å²) in [5.41, 5.74) is 9.93. The lowest BCUT2D eigenvalue weighted by atomic mass is 10.0. The van der Waals surface area contributed by atoms with Crippen molar-refractivity contribution in [3.05, 3.63) is 102 Å². The van der Waals surface area contributed by atoms with E-state index in [1.54, 1.807) is 6.20 Å². The van der Waals surface area contributed by atoms with E-state index < -0.39 is 6.04 Å². The number of para-hydroxylation sites is 1. The molecule has 0 spiro atoms. The van der Waals surface area contributed by atoms with E-state index in [1.807, 2.05) is 79.0 Å². The van der Waals surface area contributed by atoms with E-state index in [4.69, 9.17) is 5.73 Å². The number of hydrogen-bond acceptors (Lipinski definition) is 4. The molecule has 0 fully saturated rings. The van der Waals surface area contributed by atoms with Crippen molar-refractivity contribution in [2.24, 2.45) is 5.73 Å². The Labute approximate surface area is 192 Å². The second-order valence-corrected chi connectivity index (χ2v) is 7.94. The summed E-state index contributed by atoms with van der Waals surface area (Å²) in [5, 5.41) is 6.71. The van der Waals surface area contributed by atoms with Crippen LogP contribution in [0.4, 0.5) is 0 Å². The number of benzene rings is 2. The van der Waals surface area contributed by atoms with Crippen LogP contribution in [0.15, 0.2) is 85.2 Å². The highest BCUT2D eigenvalue weighted by molar-refractivity contribution is 5.89. The third-order valence-corrected chi connectivity index (χ3v) is 5.55. The molecule has 7 heteroatoms. The molecule has 0 aliphatic carbocycles. The van der Waals surface area contributed by atoms with E-state index in [0.717, 1.165) is 27.7 Å². The minimum Gasteiger partial charge on any atom is -0.361 e. The van der Waals surface area contributed by atoms with Crippen LogP contribution in [-0.2, 0) is 22.4 Å². The summed E-state index contributed by atoms with van der Waals surface area (Å²) in [6.07, 6.45) is 4.52. The molecule has 168 valence electrons. The van der Waals surface area contributed by atoms with E-state index in [2.05, 4.69) is 20.6 Å². The van der Waals surface area contributed by atoms with Gasteiger partial charge in [-0.05, 0) is 35.7 Å². The third-order valence-electron chi connectivity index (χ3n) is 5.55. The van der Waals surface area contributed by atoms with Gasteiger partial charge in [0.05, 0.1) is 18.6 Å². The summed E-state index contributed by atoms with van der Waals surface area (Å²) >= 11 is 0. The fourth-order valence-electron chi connectivity index (χ4n) is 3.84. The van der Waals surface area contributed by atoms with Gasteiger partial charge < -0.3 is 21.4 Å². The minimum atomic E-state index is -0.754. The number of amides is 2. The van der Waals surface area contributed by atoms with Crippen LogP contribution in [0, 0.1) is 0 Å². The number of nitrogens with one attached hydrogen (secondary N) is 3. The number of carbonyl (C=O) groups excluding carboxylic acids is 2. The van der Waals surface area contributed by atoms with Crippen molar-refractivity contribution in [2.75, 3.05) is 6.54 Å². The first-order valence-electron chi connectivity index (χ1n) is 10.9. The van der Waals surface area contributed by atoms with Gasteiger partial charge in [-0.2, -0.15) is 0 Å². The number of H-pyrrole nitrogens is 1. The van der Waals surface area contributed by atoms with E-state index >= 15 is 0 Å². The maximum atomic E-state index is 12.6. The molecule has 0 aliphatic rings. The third kappa shape index (κ3) is 5.84. The van der Waals surface area contributed by atoms with Crippen molar-refractivity contribution in [3.8, 4) is 0 Å². The van der Waals surface area contributed by atoms with Crippen molar-refractivity contribution in [3.63, 3.8) is 0 Å². The number of pyridine rings is 1. The molecule has 4 rings (SSSR count). The highest BCUT2D eigenvalue weighted by Crippen LogP contribution is 2.19. The van der Waals surface area contributed by atoms with Gasteiger partial charge in [-0.25, -0.2) is 0 Å². The fourth-order valence-corrected chi connectivity index (χ4v) is 3.84. The average Bonchev–Trinajstić information content (AvgIpc) is 3.26. The summed E-state index contributed by atoms with van der Waals surface area (Å²) in [5.74, 6) is -0.649. The molecule has 2 aromatic heterocycles. The molecule has 0 radical (unpaired) electrons. The summed E-state index contributed by atoms with van der Waals surface area (Å²) in [7, 11) is 0. The molecule has 5 N–H and O–H groups in total. The Morgan fingerprint density at radius 2 is 1.70 bits per heavy atom. The lowest BCUT2D eigenvalue weighted by Crippen LogP contribution is -2.46. The van der Waals surface area contributed by atoms with Gasteiger partial charge in [-0.15, -0.1) is 0 Å². The molecular weight excluding hydrogens is 414 g/mol. The van der Waals surface area contributed by atoms with Crippen LogP contribution in [0.25, 0.3) is 10.9 Å². The SMILES string of the molecule is NC(Cc1c[nH]c2ccccc12)C(=O)NCC(=O)NC(Cc1ccccn1)c1ccccc1. The normalized spacial score (nSPS) is 12.8. The fraction of sp³-hybridized carbons (Fsp3) is 0.192. The number of nitrogens with two attached hydrogens (primary N) is 1. The number of hydrogen-bond donors (Lipinski definition) is 4. The van der Waals surface area contributed by atoms with Crippen molar-refractivity contribution in [1.29, 1.82) is 0 Å². The van der Waals surface area contributed by atoms with Gasteiger partial charge in [-0.3, -0.25) is 14.6 Å². The van der Waals surface area contributed by atoms with Gasteiger partial charge in [0.25, 0.3) is 0 Å². The molecule has 33 heavy (non-hydrogen) atoms. The minimum absolute atomic E-state index is 0.147. The van der Waals surface area contributed by atoms with Crippen LogP contribution in [0.5, 0.6) is 0 Å². The predicted octanol–water partition coefficient (Wildman–Crippen LogP) is 2.65. The van der Waals surface area contributed by atoms with E-state index in [1.165, 1.54) is 0 Å². The van der Waals surface area contributed by atoms with E-state index in [-0.39, 0.29) is 24.4 Å². The maximum absolute atomic E-state index is 12.6. The number of carbonyl (C=O) groups is 2. The van der Waals surface area contributed by atoms with Crippen LogP contribution in [0.2, 0.25) is 0 Å². The lowest BCUT2D eigenvalue weighted by Gasteiger charge is -2.20. The largest absolute Gasteiger partial charge is 0.361 e. The highest BCUT2D eigenvalue weighted by atomic mass is 16.2. The molecule has 0 bridgehead atoms. The zero-order chi connectivity index (χ0) is 23.0. The van der Waals surface area contributed by atoms with Gasteiger partial charge in [0.2, 0.25) is 11.8 Å². The Balaban J connectivity index is 1.33. The Morgan fingerprint density at radius 3 is 2.48 bits per heavy atom. The topological polar surface area (TPSA) is 113 Å². The number of aromatic amines is 1. The molecule has 2 atom stereocenters. The second-order valence-electron chi connectivity index (χ2n) is 7.94. The Morgan fingerprint density at radius 1 is 0.939 bits per heavy atom. The Bertz CT molecular complexity index is 1210. The van der Waals surface area contributed by atoms with Gasteiger partial charge in [0.15, 0.2) is 0 Å². The zero-order valence-electron chi connectivity index (χ0n) is 18.2. The van der Waals surface area contributed by atoms with Gasteiger partial charge in [0, 0.05) is 35.4 Å². The predicted molar refractivity (Wildman–Crippen MR) is 128 cm³/mol. The number of aromatic nitrogens is 2. The lowest BCUT2D eigenvalue weighted by molar-refractivity contribution is -0.127. The monoisotopic (exact) mass is 441 g/mol. The summed E-state index contributed by atoms with van der Waals surface area (Å²) in [6.45, 7) is -0.147. The van der Waals surface area contributed by atoms with E-state index in [9.17, 15) is 9.59 Å². The number of fused-ring (bicyclic) bond motifs is 1. The number of nitrogens with zero attached hydrogens (tertiary/aromatic N) is 1. The molecule has 7 nitrogen and oxygen atoms in total. The molecule has 2 heterocycles. The molecule has 4 aromatic rings. The Kier molecular flexibility index (Phi) is 7.12. The molecule has 0 saturated carbocycles. The Hall–Kier alpha value is -3.97. The van der Waals surface area contributed by atoms with Gasteiger partial charge in [-0.1, -0.05) is 54.6 Å². The van der Waals surface area contributed by atoms with Crippen LogP contribution < -0.4 is 16.4 Å². The molecule has 0 saturated heterocycles. The molecular formula is C26H27N5O2. The summed E-state index contributed by atoms with van der Waals surface area (Å²) < 4.78 is 0. The number of rotatable bonds is 9. The highest BCUT2D eigenvalue weighted by Gasteiger charge is 2.19. The summed E-state index contributed by atoms with van der Waals surface area (Å²) in [4.78, 5) is 32.7. The first-order chi connectivity index (χ1) is 16.1. The standard InChI is InChI=1S/C26H27N5O2/c27-22(14-19-16-29-23-12-5-4-11-21(19)23)26(33)30-17-25(32)31-24(18-8-2-1-3-9-18)15-20-10-6-7-13-28-20/h1-13,16,22,24,29H,14-15,17,27H2,(H,30,33)(H,31,32). The van der Waals surface area contributed by atoms with Crippen LogP contribution >= 0.6 is 0 Å². The molecule has 2 aromatic carbocycles. The quantitative estimate of drug-likeness (QED) is 0.320. The second kappa shape index (κ2) is 10.6. The van der Waals surface area contributed by atoms with Crippen LogP contribution in [0.3, 0.4) is 0 Å². The maximum Gasteiger partial charge on any atom is 0.239 e. The summed E-state index contributed by atoms with van der Waals surface area (Å²) in [6, 6.07) is 22.3. The molecule has 2 amide bonds. The van der Waals surface area contributed by atoms with Crippen molar-refractivity contribution >= 4 is 22.7 Å². The smallest absolute Gasteiger partial charge is 0.239 e. The van der Waals surface area contributed by atoms with Crippen molar-refractivity contribution in [2.45, 2.75) is 24.9 Å².